The number of likely N-dealkylation sites (N-methyl/N-ethyl adjacent to an activating group) is 1. The van der Waals surface area contributed by atoms with Gasteiger partial charge >= 0.3 is 5.97 Å². The van der Waals surface area contributed by atoms with E-state index in [0.29, 0.717) is 23.7 Å². The fourth-order valence-electron chi connectivity index (χ4n) is 4.19. The fourth-order valence-corrected chi connectivity index (χ4v) is 4.19. The summed E-state index contributed by atoms with van der Waals surface area (Å²) in [6.07, 6.45) is 4.79. The molecule has 0 aliphatic carbocycles. The lowest BCUT2D eigenvalue weighted by atomic mass is 10.1. The summed E-state index contributed by atoms with van der Waals surface area (Å²) in [6.45, 7) is 3.47. The number of carbonyl (C=O) groups excluding carboxylic acids is 2. The third-order valence-electron chi connectivity index (χ3n) is 5.78. The van der Waals surface area contributed by atoms with Gasteiger partial charge in [-0.25, -0.2) is 0 Å². The summed E-state index contributed by atoms with van der Waals surface area (Å²) in [5.74, 6) is -1.14. The van der Waals surface area contributed by atoms with Gasteiger partial charge in [0.2, 0.25) is 0 Å². The van der Waals surface area contributed by atoms with Crippen LogP contribution in [0.2, 0.25) is 0 Å². The van der Waals surface area contributed by atoms with Crippen LogP contribution in [-0.4, -0.2) is 83.4 Å². The molecule has 1 aromatic rings. The first-order chi connectivity index (χ1) is 13.5. The predicted molar refractivity (Wildman–Crippen MR) is 113 cm³/mol. The van der Waals surface area contributed by atoms with Crippen LogP contribution in [0.1, 0.15) is 52.8 Å². The van der Waals surface area contributed by atoms with Gasteiger partial charge < -0.3 is 10.0 Å². The minimum Gasteiger partial charge on any atom is -0.480 e. The summed E-state index contributed by atoms with van der Waals surface area (Å²) >= 11 is 0. The van der Waals surface area contributed by atoms with Crippen LogP contribution in [-0.2, 0) is 4.79 Å². The number of hydrogen-bond donors (Lipinski definition) is 1. The minimum absolute atomic E-state index is 0. The monoisotopic (exact) mass is 423 g/mol. The lowest BCUT2D eigenvalue weighted by Crippen LogP contribution is -2.36. The Morgan fingerprint density at radius 3 is 2.31 bits per heavy atom. The van der Waals surface area contributed by atoms with Gasteiger partial charge in [-0.1, -0.05) is 12.1 Å². The van der Waals surface area contributed by atoms with Crippen LogP contribution in [0.4, 0.5) is 0 Å². The number of aliphatic carboxylic acids is 1. The molecule has 0 saturated carbocycles. The summed E-state index contributed by atoms with van der Waals surface area (Å²) in [6, 6.07) is 7.32. The number of unbranched alkanes of at least 4 members (excludes halogenated alkanes) is 1. The third kappa shape index (κ3) is 5.78. The fraction of sp³-hybridized carbons (Fsp3) is 0.571. The lowest BCUT2D eigenvalue weighted by Gasteiger charge is -2.25. The molecule has 1 aromatic carbocycles. The number of carboxylic acids is 1. The van der Waals surface area contributed by atoms with Crippen LogP contribution >= 0.6 is 12.4 Å². The highest BCUT2D eigenvalue weighted by Crippen LogP contribution is 2.23. The molecule has 3 rings (SSSR count). The number of benzene rings is 1. The highest BCUT2D eigenvalue weighted by Gasteiger charge is 2.34. The Labute approximate surface area is 178 Å². The predicted octanol–water partition coefficient (Wildman–Crippen LogP) is 2.36. The Morgan fingerprint density at radius 1 is 1.07 bits per heavy atom. The van der Waals surface area contributed by atoms with Crippen LogP contribution in [0.5, 0.6) is 0 Å². The second-order valence-electron chi connectivity index (χ2n) is 7.75. The van der Waals surface area contributed by atoms with Crippen molar-refractivity contribution in [1.82, 2.24) is 14.7 Å². The average Bonchev–Trinajstić information content (AvgIpc) is 2.83. The van der Waals surface area contributed by atoms with Gasteiger partial charge in [0.25, 0.3) is 11.8 Å². The molecule has 2 aliphatic rings. The number of carboxylic acid groups (broad SMARTS) is 1. The number of hydrogen-bond acceptors (Lipinski definition) is 5. The van der Waals surface area contributed by atoms with E-state index < -0.39 is 5.97 Å². The lowest BCUT2D eigenvalue weighted by molar-refractivity contribution is -0.138. The zero-order chi connectivity index (χ0) is 20.1. The van der Waals surface area contributed by atoms with Gasteiger partial charge in [0.15, 0.2) is 0 Å². The molecule has 1 fully saturated rings. The van der Waals surface area contributed by atoms with Gasteiger partial charge in [0, 0.05) is 12.6 Å². The van der Waals surface area contributed by atoms with Gasteiger partial charge in [-0.3, -0.25) is 24.2 Å². The number of halogens is 1. The summed E-state index contributed by atoms with van der Waals surface area (Å²) < 4.78 is 0. The molecule has 8 heteroatoms. The molecule has 0 radical (unpaired) electrons. The van der Waals surface area contributed by atoms with E-state index in [2.05, 4.69) is 4.90 Å². The molecule has 2 aliphatic heterocycles. The quantitative estimate of drug-likeness (QED) is 0.510. The summed E-state index contributed by atoms with van der Waals surface area (Å²) in [7, 11) is 1.89. The van der Waals surface area contributed by atoms with Crippen molar-refractivity contribution >= 4 is 30.2 Å². The Bertz CT molecular complexity index is 707. The number of rotatable bonds is 8. The van der Waals surface area contributed by atoms with E-state index in [1.54, 1.807) is 24.3 Å². The van der Waals surface area contributed by atoms with Crippen molar-refractivity contribution in [3.05, 3.63) is 35.4 Å². The summed E-state index contributed by atoms with van der Waals surface area (Å²) in [5, 5.41) is 8.96. The number of carbonyl (C=O) groups is 3. The maximum absolute atomic E-state index is 12.4. The van der Waals surface area contributed by atoms with E-state index in [1.807, 2.05) is 11.9 Å². The molecule has 2 amide bonds. The van der Waals surface area contributed by atoms with Crippen molar-refractivity contribution < 1.29 is 19.5 Å². The minimum atomic E-state index is -0.781. The highest BCUT2D eigenvalue weighted by atomic mass is 35.5. The number of imide groups is 1. The zero-order valence-corrected chi connectivity index (χ0v) is 17.7. The molecule has 29 heavy (non-hydrogen) atoms. The molecular formula is C21H30ClN3O4. The SMILES string of the molecule is CN(CC(=O)O)C1CCCN(CCCCN2C(=O)c3ccccc3C2=O)CC1.Cl. The molecule has 0 spiro atoms. The van der Waals surface area contributed by atoms with Crippen LogP contribution in [0.15, 0.2) is 24.3 Å². The Morgan fingerprint density at radius 2 is 1.69 bits per heavy atom. The summed E-state index contributed by atoms with van der Waals surface area (Å²) in [4.78, 5) is 41.4. The van der Waals surface area contributed by atoms with Crippen LogP contribution in [0, 0.1) is 0 Å². The maximum Gasteiger partial charge on any atom is 0.317 e. The van der Waals surface area contributed by atoms with Crippen molar-refractivity contribution in [3.8, 4) is 0 Å². The molecular weight excluding hydrogens is 394 g/mol. The molecule has 1 atom stereocenters. The van der Waals surface area contributed by atoms with E-state index in [4.69, 9.17) is 5.11 Å². The Hall–Kier alpha value is -1.96. The Kier molecular flexibility index (Phi) is 8.61. The van der Waals surface area contributed by atoms with E-state index in [9.17, 15) is 14.4 Å². The van der Waals surface area contributed by atoms with Gasteiger partial charge in [-0.2, -0.15) is 0 Å². The van der Waals surface area contributed by atoms with Crippen molar-refractivity contribution in [2.24, 2.45) is 0 Å². The summed E-state index contributed by atoms with van der Waals surface area (Å²) in [5.41, 5.74) is 1.02. The average molecular weight is 424 g/mol. The van der Waals surface area contributed by atoms with Gasteiger partial charge in [0.05, 0.1) is 17.7 Å². The standard InChI is InChI=1S/C21H29N3O4.ClH/c1-22(15-19(25)26)16-7-6-12-23(14-10-16)11-4-5-13-24-20(27)17-8-2-3-9-18(17)21(24)28;/h2-3,8-9,16H,4-7,10-15H2,1H3,(H,25,26);1H. The normalized spacial score (nSPS) is 19.8. The van der Waals surface area contributed by atoms with E-state index in [1.165, 1.54) is 4.90 Å². The molecule has 0 bridgehead atoms. The van der Waals surface area contributed by atoms with Crippen molar-refractivity contribution in [2.75, 3.05) is 39.8 Å². The maximum atomic E-state index is 12.4. The topological polar surface area (TPSA) is 81.2 Å². The number of nitrogens with zero attached hydrogens (tertiary/aromatic N) is 3. The van der Waals surface area contributed by atoms with E-state index in [0.717, 1.165) is 51.7 Å². The first kappa shape index (κ1) is 23.3. The van der Waals surface area contributed by atoms with Crippen LogP contribution in [0.25, 0.3) is 0 Å². The van der Waals surface area contributed by atoms with E-state index in [-0.39, 0.29) is 30.8 Å². The highest BCUT2D eigenvalue weighted by molar-refractivity contribution is 6.21. The second kappa shape index (κ2) is 10.7. The molecule has 7 nitrogen and oxygen atoms in total. The Balaban J connectivity index is 0.00000300. The van der Waals surface area contributed by atoms with Crippen molar-refractivity contribution in [3.63, 3.8) is 0 Å². The molecule has 2 heterocycles. The van der Waals surface area contributed by atoms with Gasteiger partial charge in [0.1, 0.15) is 0 Å². The smallest absolute Gasteiger partial charge is 0.317 e. The number of amides is 2. The second-order valence-corrected chi connectivity index (χ2v) is 7.75. The molecule has 1 N–H and O–H groups in total. The first-order valence-corrected chi connectivity index (χ1v) is 10.1. The first-order valence-electron chi connectivity index (χ1n) is 10.1. The van der Waals surface area contributed by atoms with Gasteiger partial charge in [-0.05, 0) is 70.9 Å². The van der Waals surface area contributed by atoms with Gasteiger partial charge in [-0.15, -0.1) is 12.4 Å². The molecule has 1 unspecified atom stereocenters. The van der Waals surface area contributed by atoms with Crippen molar-refractivity contribution in [1.29, 1.82) is 0 Å². The molecule has 0 aromatic heterocycles. The molecule has 160 valence electrons. The number of fused-ring (bicyclic) bond motifs is 1. The van der Waals surface area contributed by atoms with E-state index >= 15 is 0 Å². The van der Waals surface area contributed by atoms with Crippen LogP contribution < -0.4 is 0 Å². The third-order valence-corrected chi connectivity index (χ3v) is 5.78. The number of likely N-dealkylation sites (tertiary alicyclic amines) is 1. The largest absolute Gasteiger partial charge is 0.480 e. The van der Waals surface area contributed by atoms with Crippen LogP contribution in [0.3, 0.4) is 0 Å². The zero-order valence-electron chi connectivity index (χ0n) is 16.9. The molecule has 1 saturated heterocycles. The van der Waals surface area contributed by atoms with Crippen molar-refractivity contribution in [2.45, 2.75) is 38.1 Å².